The highest BCUT2D eigenvalue weighted by molar-refractivity contribution is 5.93. The molecule has 0 unspecified atom stereocenters. The van der Waals surface area contributed by atoms with Crippen molar-refractivity contribution in [1.82, 2.24) is 24.5 Å². The van der Waals surface area contributed by atoms with Crippen molar-refractivity contribution in [2.75, 3.05) is 5.32 Å². The lowest BCUT2D eigenvalue weighted by molar-refractivity contribution is -0.140. The molecule has 0 aromatic carbocycles. The Morgan fingerprint density at radius 2 is 1.90 bits per heavy atom. The molecular formula is C20H23F3N6O. The zero-order valence-corrected chi connectivity index (χ0v) is 16.5. The Kier molecular flexibility index (Phi) is 5.40. The molecule has 3 aromatic heterocycles. The minimum Gasteiger partial charge on any atom is -0.368 e. The summed E-state index contributed by atoms with van der Waals surface area (Å²) in [4.78, 5) is 16.0. The Hall–Kier alpha value is -3.04. The molecule has 10 heteroatoms. The number of anilines is 1. The second-order valence-electron chi connectivity index (χ2n) is 7.51. The maximum Gasteiger partial charge on any atom is 0.434 e. The van der Waals surface area contributed by atoms with Gasteiger partial charge in [-0.2, -0.15) is 18.3 Å². The summed E-state index contributed by atoms with van der Waals surface area (Å²) in [6, 6.07) is 5.17. The molecule has 160 valence electrons. The normalized spacial score (nSPS) is 19.7. The van der Waals surface area contributed by atoms with E-state index < -0.39 is 11.9 Å². The number of imidazole rings is 1. The zero-order valence-electron chi connectivity index (χ0n) is 16.5. The number of alkyl halides is 3. The van der Waals surface area contributed by atoms with Crippen molar-refractivity contribution in [3.05, 3.63) is 48.0 Å². The second-order valence-corrected chi connectivity index (χ2v) is 7.51. The number of aromatic nitrogens is 4. The highest BCUT2D eigenvalue weighted by atomic mass is 19.4. The van der Waals surface area contributed by atoms with Gasteiger partial charge < -0.3 is 10.6 Å². The van der Waals surface area contributed by atoms with Gasteiger partial charge in [0, 0.05) is 31.0 Å². The van der Waals surface area contributed by atoms with E-state index >= 15 is 0 Å². The molecule has 3 aromatic rings. The Bertz CT molecular complexity index is 1030. The van der Waals surface area contributed by atoms with E-state index in [1.165, 1.54) is 4.40 Å². The van der Waals surface area contributed by atoms with Gasteiger partial charge in [0.15, 0.2) is 5.69 Å². The standard InChI is InChI=1S/C20H23F3N6O/c1-2-28-11-13(10-24-28)19(30)26-15-8-6-14(7-9-15)25-17-4-3-5-18-27-16(12-29(17)18)20(21,22)23/h3-5,10-12,14-15,25H,2,6-9H2,1H3,(H,26,30)/t14-,15+. The summed E-state index contributed by atoms with van der Waals surface area (Å²) >= 11 is 0. The summed E-state index contributed by atoms with van der Waals surface area (Å²) in [5, 5.41) is 10.5. The summed E-state index contributed by atoms with van der Waals surface area (Å²) in [7, 11) is 0. The molecule has 0 saturated heterocycles. The molecule has 1 aliphatic rings. The Morgan fingerprint density at radius 1 is 1.17 bits per heavy atom. The van der Waals surface area contributed by atoms with Gasteiger partial charge in [0.05, 0.1) is 11.8 Å². The Balaban J connectivity index is 1.36. The van der Waals surface area contributed by atoms with E-state index in [9.17, 15) is 18.0 Å². The van der Waals surface area contributed by atoms with Gasteiger partial charge in [-0.1, -0.05) is 6.07 Å². The minimum atomic E-state index is -4.48. The third-order valence-corrected chi connectivity index (χ3v) is 5.42. The van der Waals surface area contributed by atoms with Crippen LogP contribution in [0.15, 0.2) is 36.8 Å². The van der Waals surface area contributed by atoms with E-state index in [1.807, 2.05) is 6.92 Å². The number of nitrogens with zero attached hydrogens (tertiary/aromatic N) is 4. The maximum absolute atomic E-state index is 13.0. The summed E-state index contributed by atoms with van der Waals surface area (Å²) < 4.78 is 42.1. The predicted molar refractivity (Wildman–Crippen MR) is 105 cm³/mol. The Morgan fingerprint density at radius 3 is 2.57 bits per heavy atom. The van der Waals surface area contributed by atoms with Crippen molar-refractivity contribution in [3.8, 4) is 0 Å². The molecule has 30 heavy (non-hydrogen) atoms. The number of amides is 1. The number of rotatable bonds is 5. The van der Waals surface area contributed by atoms with Crippen molar-refractivity contribution in [3.63, 3.8) is 0 Å². The molecule has 0 radical (unpaired) electrons. The van der Waals surface area contributed by atoms with Gasteiger partial charge in [-0.15, -0.1) is 0 Å². The number of fused-ring (bicyclic) bond motifs is 1. The highest BCUT2D eigenvalue weighted by Gasteiger charge is 2.34. The molecule has 2 N–H and O–H groups in total. The van der Waals surface area contributed by atoms with Crippen molar-refractivity contribution < 1.29 is 18.0 Å². The average Bonchev–Trinajstić information content (AvgIpc) is 3.37. The van der Waals surface area contributed by atoms with Crippen LogP contribution in [0, 0.1) is 0 Å². The zero-order chi connectivity index (χ0) is 21.3. The smallest absolute Gasteiger partial charge is 0.368 e. The van der Waals surface area contributed by atoms with Gasteiger partial charge in [0.2, 0.25) is 0 Å². The van der Waals surface area contributed by atoms with E-state index in [-0.39, 0.29) is 23.6 Å². The third-order valence-electron chi connectivity index (χ3n) is 5.42. The Labute approximate surface area is 171 Å². The fraction of sp³-hybridized carbons (Fsp3) is 0.450. The molecule has 1 saturated carbocycles. The topological polar surface area (TPSA) is 76.2 Å². The van der Waals surface area contributed by atoms with Crippen LogP contribution >= 0.6 is 0 Å². The number of carbonyl (C=O) groups excluding carboxylic acids is 1. The van der Waals surface area contributed by atoms with Gasteiger partial charge in [-0.05, 0) is 44.7 Å². The number of nitrogens with one attached hydrogen (secondary N) is 2. The van der Waals surface area contributed by atoms with Crippen LogP contribution in [0.2, 0.25) is 0 Å². The molecule has 7 nitrogen and oxygen atoms in total. The number of aryl methyl sites for hydroxylation is 1. The van der Waals surface area contributed by atoms with Crippen LogP contribution in [0.5, 0.6) is 0 Å². The van der Waals surface area contributed by atoms with E-state index in [4.69, 9.17) is 0 Å². The van der Waals surface area contributed by atoms with E-state index in [0.717, 1.165) is 31.9 Å². The first-order chi connectivity index (χ1) is 14.3. The number of hydrogen-bond donors (Lipinski definition) is 2. The maximum atomic E-state index is 13.0. The SMILES string of the molecule is CCn1cc(C(=O)N[C@H]2CC[C@@H](Nc3cccc4nc(C(F)(F)F)cn34)CC2)cn1. The van der Waals surface area contributed by atoms with E-state index in [1.54, 1.807) is 35.3 Å². The number of carbonyl (C=O) groups is 1. The molecule has 0 bridgehead atoms. The first kappa shape index (κ1) is 20.2. The lowest BCUT2D eigenvalue weighted by Gasteiger charge is -2.30. The second kappa shape index (κ2) is 8.00. The molecule has 4 rings (SSSR count). The first-order valence-corrected chi connectivity index (χ1v) is 9.98. The largest absolute Gasteiger partial charge is 0.434 e. The summed E-state index contributed by atoms with van der Waals surface area (Å²) in [6.45, 7) is 2.66. The van der Waals surface area contributed by atoms with Gasteiger partial charge >= 0.3 is 6.18 Å². The first-order valence-electron chi connectivity index (χ1n) is 9.98. The van der Waals surface area contributed by atoms with Crippen molar-refractivity contribution >= 4 is 17.4 Å². The fourth-order valence-electron chi connectivity index (χ4n) is 3.78. The molecule has 3 heterocycles. The minimum absolute atomic E-state index is 0.0707. The monoisotopic (exact) mass is 420 g/mol. The van der Waals surface area contributed by atoms with Crippen LogP contribution in [0.4, 0.5) is 19.0 Å². The highest BCUT2D eigenvalue weighted by Crippen LogP contribution is 2.30. The number of hydrogen-bond acceptors (Lipinski definition) is 4. The van der Waals surface area contributed by atoms with Crippen LogP contribution in [0.3, 0.4) is 0 Å². The van der Waals surface area contributed by atoms with Crippen LogP contribution in [0.1, 0.15) is 48.7 Å². The van der Waals surface area contributed by atoms with Gasteiger partial charge in [-0.3, -0.25) is 13.9 Å². The quantitative estimate of drug-likeness (QED) is 0.660. The molecule has 1 amide bonds. The lowest BCUT2D eigenvalue weighted by atomic mass is 9.91. The van der Waals surface area contributed by atoms with Crippen molar-refractivity contribution in [2.45, 2.75) is 57.4 Å². The van der Waals surface area contributed by atoms with Crippen LogP contribution < -0.4 is 10.6 Å². The van der Waals surface area contributed by atoms with Crippen LogP contribution in [-0.4, -0.2) is 37.2 Å². The molecule has 0 aliphatic heterocycles. The molecule has 1 fully saturated rings. The molecule has 0 atom stereocenters. The van der Waals surface area contributed by atoms with Gasteiger partial charge in [0.25, 0.3) is 5.91 Å². The van der Waals surface area contributed by atoms with Crippen LogP contribution in [-0.2, 0) is 12.7 Å². The fourth-order valence-corrected chi connectivity index (χ4v) is 3.78. The van der Waals surface area contributed by atoms with Gasteiger partial charge in [-0.25, -0.2) is 4.98 Å². The molecular weight excluding hydrogens is 397 g/mol. The molecule has 0 spiro atoms. The average molecular weight is 420 g/mol. The predicted octanol–water partition coefficient (Wildman–Crippen LogP) is 3.72. The van der Waals surface area contributed by atoms with Crippen molar-refractivity contribution in [1.29, 1.82) is 0 Å². The summed E-state index contributed by atoms with van der Waals surface area (Å²) in [5.74, 6) is 0.448. The summed E-state index contributed by atoms with van der Waals surface area (Å²) in [5.41, 5.74) is -0.111. The number of halogens is 3. The lowest BCUT2D eigenvalue weighted by Crippen LogP contribution is -2.40. The van der Waals surface area contributed by atoms with E-state index in [2.05, 4.69) is 20.7 Å². The van der Waals surface area contributed by atoms with Crippen molar-refractivity contribution in [2.24, 2.45) is 0 Å². The molecule has 1 aliphatic carbocycles. The van der Waals surface area contributed by atoms with Gasteiger partial charge in [0.1, 0.15) is 11.5 Å². The number of pyridine rings is 1. The third kappa shape index (κ3) is 4.27. The summed E-state index contributed by atoms with van der Waals surface area (Å²) in [6.07, 6.45) is 3.01. The van der Waals surface area contributed by atoms with Crippen LogP contribution in [0.25, 0.3) is 5.65 Å². The van der Waals surface area contributed by atoms with E-state index in [0.29, 0.717) is 17.9 Å².